The molecule has 0 aliphatic heterocycles. The standard InChI is InChI=1S/C14H16O2/c15-13-9-5-1-2-6-10(9)14(16)12-8-4-3-7-11(12)13/h1-2,5,10-12H,3-4,6-8H2. The highest BCUT2D eigenvalue weighted by Crippen LogP contribution is 2.42. The smallest absolute Gasteiger partial charge is 0.163 e. The van der Waals surface area contributed by atoms with Crippen LogP contribution < -0.4 is 0 Å². The van der Waals surface area contributed by atoms with E-state index in [-0.39, 0.29) is 23.5 Å². The van der Waals surface area contributed by atoms with Crippen molar-refractivity contribution in [2.75, 3.05) is 0 Å². The molecule has 0 bridgehead atoms. The van der Waals surface area contributed by atoms with Crippen LogP contribution in [-0.4, -0.2) is 11.6 Å². The van der Waals surface area contributed by atoms with Gasteiger partial charge in [-0.05, 0) is 19.3 Å². The molecule has 2 saturated carbocycles. The number of carbonyl (C=O) groups excluding carboxylic acids is 2. The highest BCUT2D eigenvalue weighted by molar-refractivity contribution is 6.10. The molecule has 3 aliphatic carbocycles. The zero-order valence-electron chi connectivity index (χ0n) is 9.32. The molecule has 3 unspecified atom stereocenters. The molecule has 0 aromatic rings. The first-order chi connectivity index (χ1) is 7.79. The lowest BCUT2D eigenvalue weighted by Crippen LogP contribution is -2.44. The maximum Gasteiger partial charge on any atom is 0.163 e. The fourth-order valence-corrected chi connectivity index (χ4v) is 3.41. The molecule has 0 heterocycles. The summed E-state index contributed by atoms with van der Waals surface area (Å²) in [7, 11) is 0. The Balaban J connectivity index is 1.99. The van der Waals surface area contributed by atoms with Crippen molar-refractivity contribution >= 4 is 11.6 Å². The predicted octanol–water partition coefficient (Wildman–Crippen LogP) is 2.45. The average Bonchev–Trinajstić information content (AvgIpc) is 2.36. The molecule has 84 valence electrons. The molecule has 0 radical (unpaired) electrons. The largest absolute Gasteiger partial charge is 0.299 e. The minimum atomic E-state index is -0.114. The van der Waals surface area contributed by atoms with Crippen molar-refractivity contribution < 1.29 is 9.59 Å². The van der Waals surface area contributed by atoms with Crippen molar-refractivity contribution in [3.05, 3.63) is 23.8 Å². The lowest BCUT2D eigenvalue weighted by atomic mass is 9.63. The van der Waals surface area contributed by atoms with Gasteiger partial charge in [0.15, 0.2) is 5.78 Å². The number of fused-ring (bicyclic) bond motifs is 2. The minimum Gasteiger partial charge on any atom is -0.299 e. The maximum absolute atomic E-state index is 12.3. The molecular weight excluding hydrogens is 200 g/mol. The van der Waals surface area contributed by atoms with Crippen LogP contribution in [0.5, 0.6) is 0 Å². The normalized spacial score (nSPS) is 37.8. The summed E-state index contributed by atoms with van der Waals surface area (Å²) in [4.78, 5) is 24.6. The van der Waals surface area contributed by atoms with E-state index in [4.69, 9.17) is 0 Å². The van der Waals surface area contributed by atoms with E-state index in [1.807, 2.05) is 18.2 Å². The van der Waals surface area contributed by atoms with E-state index in [0.717, 1.165) is 37.7 Å². The van der Waals surface area contributed by atoms with Crippen molar-refractivity contribution in [3.8, 4) is 0 Å². The van der Waals surface area contributed by atoms with Crippen LogP contribution in [0.2, 0.25) is 0 Å². The first-order valence-electron chi connectivity index (χ1n) is 6.23. The highest BCUT2D eigenvalue weighted by Gasteiger charge is 2.46. The molecule has 0 aromatic heterocycles. The van der Waals surface area contributed by atoms with Gasteiger partial charge in [-0.2, -0.15) is 0 Å². The molecule has 0 N–H and O–H groups in total. The fourth-order valence-electron chi connectivity index (χ4n) is 3.41. The Hall–Kier alpha value is -1.18. The summed E-state index contributed by atoms with van der Waals surface area (Å²) in [6, 6.07) is 0. The third kappa shape index (κ3) is 1.32. The Morgan fingerprint density at radius 2 is 1.81 bits per heavy atom. The number of hydrogen-bond acceptors (Lipinski definition) is 2. The molecule has 3 aliphatic rings. The summed E-state index contributed by atoms with van der Waals surface area (Å²) in [6.07, 6.45) is 10.6. The second kappa shape index (κ2) is 3.69. The summed E-state index contributed by atoms with van der Waals surface area (Å²) >= 11 is 0. The van der Waals surface area contributed by atoms with Crippen molar-refractivity contribution in [2.24, 2.45) is 17.8 Å². The lowest BCUT2D eigenvalue weighted by molar-refractivity contribution is -0.139. The number of ketones is 2. The molecule has 16 heavy (non-hydrogen) atoms. The van der Waals surface area contributed by atoms with E-state index in [1.54, 1.807) is 0 Å². The van der Waals surface area contributed by atoms with Gasteiger partial charge in [-0.3, -0.25) is 9.59 Å². The summed E-state index contributed by atoms with van der Waals surface area (Å²) in [5.41, 5.74) is 0.788. The third-order valence-electron chi connectivity index (χ3n) is 4.26. The number of Topliss-reactive ketones (excluding diaryl/α,β-unsaturated/α-hetero) is 2. The third-order valence-corrected chi connectivity index (χ3v) is 4.26. The first-order valence-corrected chi connectivity index (χ1v) is 6.23. The Bertz CT molecular complexity index is 403. The van der Waals surface area contributed by atoms with E-state index in [9.17, 15) is 9.59 Å². The van der Waals surface area contributed by atoms with Gasteiger partial charge < -0.3 is 0 Å². The fraction of sp³-hybridized carbons (Fsp3) is 0.571. The molecule has 3 rings (SSSR count). The molecule has 3 atom stereocenters. The molecule has 0 spiro atoms. The van der Waals surface area contributed by atoms with Crippen LogP contribution in [0.25, 0.3) is 0 Å². The topological polar surface area (TPSA) is 34.1 Å². The van der Waals surface area contributed by atoms with Crippen LogP contribution in [0.15, 0.2) is 23.8 Å². The van der Waals surface area contributed by atoms with Gasteiger partial charge in [0.1, 0.15) is 5.78 Å². The summed E-state index contributed by atoms with van der Waals surface area (Å²) in [5.74, 6) is 0.528. The summed E-state index contributed by atoms with van der Waals surface area (Å²) < 4.78 is 0. The van der Waals surface area contributed by atoms with E-state index >= 15 is 0 Å². The number of hydrogen-bond donors (Lipinski definition) is 0. The van der Waals surface area contributed by atoms with Gasteiger partial charge in [0.2, 0.25) is 0 Å². The van der Waals surface area contributed by atoms with Gasteiger partial charge >= 0.3 is 0 Å². The van der Waals surface area contributed by atoms with Gasteiger partial charge in [0, 0.05) is 23.3 Å². The number of allylic oxidation sites excluding steroid dienone is 4. The lowest BCUT2D eigenvalue weighted by Gasteiger charge is -2.38. The van der Waals surface area contributed by atoms with Crippen LogP contribution in [-0.2, 0) is 9.59 Å². The van der Waals surface area contributed by atoms with E-state index < -0.39 is 0 Å². The van der Waals surface area contributed by atoms with Crippen LogP contribution in [0, 0.1) is 17.8 Å². The van der Waals surface area contributed by atoms with Crippen LogP contribution in [0.3, 0.4) is 0 Å². The van der Waals surface area contributed by atoms with E-state index in [2.05, 4.69) is 0 Å². The van der Waals surface area contributed by atoms with E-state index in [1.165, 1.54) is 0 Å². The number of rotatable bonds is 0. The van der Waals surface area contributed by atoms with Gasteiger partial charge in [0.25, 0.3) is 0 Å². The van der Waals surface area contributed by atoms with Crippen LogP contribution in [0.1, 0.15) is 32.1 Å². The monoisotopic (exact) mass is 216 g/mol. The zero-order chi connectivity index (χ0) is 11.1. The number of carbonyl (C=O) groups is 2. The van der Waals surface area contributed by atoms with Crippen molar-refractivity contribution in [1.82, 2.24) is 0 Å². The van der Waals surface area contributed by atoms with Crippen molar-refractivity contribution in [2.45, 2.75) is 32.1 Å². The molecule has 2 fully saturated rings. The Morgan fingerprint density at radius 3 is 2.62 bits per heavy atom. The molecule has 0 amide bonds. The quantitative estimate of drug-likeness (QED) is 0.623. The Kier molecular flexibility index (Phi) is 2.31. The molecule has 0 saturated heterocycles. The summed E-state index contributed by atoms with van der Waals surface area (Å²) in [5, 5.41) is 0. The van der Waals surface area contributed by atoms with Gasteiger partial charge in [-0.25, -0.2) is 0 Å². The minimum absolute atomic E-state index is 0.00949. The Labute approximate surface area is 95.4 Å². The summed E-state index contributed by atoms with van der Waals surface area (Å²) in [6.45, 7) is 0. The first kappa shape index (κ1) is 10.0. The molecule has 2 nitrogen and oxygen atoms in total. The van der Waals surface area contributed by atoms with Gasteiger partial charge in [-0.15, -0.1) is 0 Å². The maximum atomic E-state index is 12.3. The van der Waals surface area contributed by atoms with Crippen LogP contribution in [0.4, 0.5) is 0 Å². The SMILES string of the molecule is O=C1C2=CC=CCC2C(=O)C2CCCCC12. The zero-order valence-corrected chi connectivity index (χ0v) is 9.32. The van der Waals surface area contributed by atoms with Crippen LogP contribution >= 0.6 is 0 Å². The Morgan fingerprint density at radius 1 is 1.06 bits per heavy atom. The predicted molar refractivity (Wildman–Crippen MR) is 60.8 cm³/mol. The second-order valence-electron chi connectivity index (χ2n) is 5.10. The van der Waals surface area contributed by atoms with Gasteiger partial charge in [-0.1, -0.05) is 31.1 Å². The highest BCUT2D eigenvalue weighted by atomic mass is 16.1. The molecular formula is C14H16O2. The average molecular weight is 216 g/mol. The van der Waals surface area contributed by atoms with E-state index in [0.29, 0.717) is 5.78 Å². The van der Waals surface area contributed by atoms with Crippen molar-refractivity contribution in [1.29, 1.82) is 0 Å². The van der Waals surface area contributed by atoms with Crippen molar-refractivity contribution in [3.63, 3.8) is 0 Å². The molecule has 2 heteroatoms. The van der Waals surface area contributed by atoms with Gasteiger partial charge in [0.05, 0.1) is 0 Å². The molecule has 0 aromatic carbocycles. The second-order valence-corrected chi connectivity index (χ2v) is 5.10.